The van der Waals surface area contributed by atoms with Crippen LogP contribution in [-0.4, -0.2) is 26.9 Å². The van der Waals surface area contributed by atoms with Crippen LogP contribution in [0.4, 0.5) is 0 Å². The second-order valence-electron chi connectivity index (χ2n) is 3.48. The molecule has 17 heavy (non-hydrogen) atoms. The molecule has 1 heterocycles. The van der Waals surface area contributed by atoms with Gasteiger partial charge in [0, 0.05) is 11.1 Å². The van der Waals surface area contributed by atoms with Crippen molar-refractivity contribution in [3.05, 3.63) is 42.0 Å². The first-order valence-corrected chi connectivity index (χ1v) is 5.40. The van der Waals surface area contributed by atoms with Gasteiger partial charge in [0.25, 0.3) is 0 Å². The lowest BCUT2D eigenvalue weighted by molar-refractivity contribution is 0.407. The van der Waals surface area contributed by atoms with E-state index in [1.807, 2.05) is 18.2 Å². The molecule has 0 amide bonds. The largest absolute Gasteiger partial charge is 0.496 e. The highest BCUT2D eigenvalue weighted by Crippen LogP contribution is 2.20. The summed E-state index contributed by atoms with van der Waals surface area (Å²) in [4.78, 5) is 4.26. The molecule has 0 saturated heterocycles. The van der Waals surface area contributed by atoms with Crippen molar-refractivity contribution in [1.82, 2.24) is 14.8 Å². The monoisotopic (exact) mass is 248 g/mol. The van der Waals surface area contributed by atoms with Crippen molar-refractivity contribution in [3.8, 4) is 5.75 Å². The van der Waals surface area contributed by atoms with Gasteiger partial charge in [-0.2, -0.15) is 5.10 Å². The predicted octanol–water partition coefficient (Wildman–Crippen LogP) is 0.969. The van der Waals surface area contributed by atoms with E-state index >= 15 is 0 Å². The third-order valence-corrected chi connectivity index (χ3v) is 2.60. The number of ether oxygens (including phenoxy) is 1. The van der Waals surface area contributed by atoms with Gasteiger partial charge in [-0.25, -0.2) is 9.67 Å². The summed E-state index contributed by atoms with van der Waals surface area (Å²) >= 11 is 4.95. The first-order valence-electron chi connectivity index (χ1n) is 5.00. The second-order valence-corrected chi connectivity index (χ2v) is 3.92. The molecule has 0 atom stereocenters. The Morgan fingerprint density at radius 2 is 2.35 bits per heavy atom. The standard InChI is InChI=1S/C11H12N4OS/c1-16-10-3-2-8(11(12)17)4-9(10)5-15-7-13-6-14-15/h2-4,6-7H,5H2,1H3,(H2,12,17). The molecule has 0 aliphatic rings. The van der Waals surface area contributed by atoms with Gasteiger partial charge in [-0.15, -0.1) is 0 Å². The smallest absolute Gasteiger partial charge is 0.137 e. The third kappa shape index (κ3) is 2.59. The molecule has 2 rings (SSSR count). The fraction of sp³-hybridized carbons (Fsp3) is 0.182. The topological polar surface area (TPSA) is 66.0 Å². The minimum atomic E-state index is 0.368. The normalized spacial score (nSPS) is 10.2. The number of hydrogen-bond acceptors (Lipinski definition) is 4. The Labute approximate surface area is 104 Å². The van der Waals surface area contributed by atoms with E-state index in [0.29, 0.717) is 11.5 Å². The summed E-state index contributed by atoms with van der Waals surface area (Å²) in [5.41, 5.74) is 7.38. The molecule has 1 aromatic carbocycles. The molecule has 0 unspecified atom stereocenters. The minimum Gasteiger partial charge on any atom is -0.496 e. The molecular formula is C11H12N4OS. The van der Waals surface area contributed by atoms with E-state index in [9.17, 15) is 0 Å². The Morgan fingerprint density at radius 3 is 2.94 bits per heavy atom. The van der Waals surface area contributed by atoms with Gasteiger partial charge < -0.3 is 10.5 Å². The van der Waals surface area contributed by atoms with E-state index in [2.05, 4.69) is 10.1 Å². The zero-order valence-electron chi connectivity index (χ0n) is 9.33. The zero-order valence-corrected chi connectivity index (χ0v) is 10.1. The van der Waals surface area contributed by atoms with E-state index in [-0.39, 0.29) is 0 Å². The van der Waals surface area contributed by atoms with E-state index in [0.717, 1.165) is 16.9 Å². The number of methoxy groups -OCH3 is 1. The predicted molar refractivity (Wildman–Crippen MR) is 68.0 cm³/mol. The van der Waals surface area contributed by atoms with E-state index in [1.54, 1.807) is 18.1 Å². The summed E-state index contributed by atoms with van der Waals surface area (Å²) in [6.45, 7) is 0.569. The van der Waals surface area contributed by atoms with Crippen LogP contribution >= 0.6 is 12.2 Å². The van der Waals surface area contributed by atoms with Crippen molar-refractivity contribution in [2.24, 2.45) is 5.73 Å². The number of rotatable bonds is 4. The van der Waals surface area contributed by atoms with E-state index < -0.39 is 0 Å². The Hall–Kier alpha value is -1.95. The number of nitrogens with two attached hydrogens (primary N) is 1. The Morgan fingerprint density at radius 1 is 1.53 bits per heavy atom. The number of aromatic nitrogens is 3. The number of nitrogens with zero attached hydrogens (tertiary/aromatic N) is 3. The van der Waals surface area contributed by atoms with Crippen LogP contribution in [0, 0.1) is 0 Å². The van der Waals surface area contributed by atoms with Crippen molar-refractivity contribution in [1.29, 1.82) is 0 Å². The number of hydrogen-bond donors (Lipinski definition) is 1. The molecule has 0 radical (unpaired) electrons. The molecule has 2 N–H and O–H groups in total. The van der Waals surface area contributed by atoms with Gasteiger partial charge in [-0.3, -0.25) is 0 Å². The zero-order chi connectivity index (χ0) is 12.3. The summed E-state index contributed by atoms with van der Waals surface area (Å²) in [6.07, 6.45) is 3.14. The lowest BCUT2D eigenvalue weighted by Crippen LogP contribution is -2.11. The van der Waals surface area contributed by atoms with E-state index in [1.165, 1.54) is 6.33 Å². The molecule has 5 nitrogen and oxygen atoms in total. The van der Waals surface area contributed by atoms with Crippen LogP contribution in [0.25, 0.3) is 0 Å². The highest BCUT2D eigenvalue weighted by atomic mass is 32.1. The van der Waals surface area contributed by atoms with Gasteiger partial charge in [0.05, 0.1) is 13.7 Å². The van der Waals surface area contributed by atoms with E-state index in [4.69, 9.17) is 22.7 Å². The summed E-state index contributed by atoms with van der Waals surface area (Å²) in [5.74, 6) is 0.778. The van der Waals surface area contributed by atoms with Crippen LogP contribution in [0.3, 0.4) is 0 Å². The van der Waals surface area contributed by atoms with Gasteiger partial charge in [-0.1, -0.05) is 12.2 Å². The minimum absolute atomic E-state index is 0.368. The quantitative estimate of drug-likeness (QED) is 0.817. The molecule has 6 heteroatoms. The summed E-state index contributed by atoms with van der Waals surface area (Å²) in [5, 5.41) is 4.05. The fourth-order valence-corrected chi connectivity index (χ4v) is 1.67. The maximum atomic E-state index is 5.60. The molecule has 88 valence electrons. The Bertz CT molecular complexity index is 524. The van der Waals surface area contributed by atoms with Crippen molar-refractivity contribution in [3.63, 3.8) is 0 Å². The van der Waals surface area contributed by atoms with Gasteiger partial charge in [0.2, 0.25) is 0 Å². The number of benzene rings is 1. The highest BCUT2D eigenvalue weighted by molar-refractivity contribution is 7.80. The van der Waals surface area contributed by atoms with Crippen molar-refractivity contribution in [2.45, 2.75) is 6.54 Å². The van der Waals surface area contributed by atoms with Crippen LogP contribution < -0.4 is 10.5 Å². The van der Waals surface area contributed by atoms with Crippen molar-refractivity contribution >= 4 is 17.2 Å². The fourth-order valence-electron chi connectivity index (χ4n) is 1.54. The SMILES string of the molecule is COc1ccc(C(N)=S)cc1Cn1cncn1. The molecule has 2 aromatic rings. The average Bonchev–Trinajstić information content (AvgIpc) is 2.81. The molecular weight excluding hydrogens is 236 g/mol. The summed E-state index contributed by atoms with van der Waals surface area (Å²) in [6, 6.07) is 5.59. The Kier molecular flexibility index (Phi) is 3.34. The first-order chi connectivity index (χ1) is 8.20. The molecule has 0 fully saturated rings. The van der Waals surface area contributed by atoms with Gasteiger partial charge >= 0.3 is 0 Å². The molecule has 0 spiro atoms. The molecule has 0 saturated carbocycles. The van der Waals surface area contributed by atoms with Crippen molar-refractivity contribution in [2.75, 3.05) is 7.11 Å². The molecule has 1 aromatic heterocycles. The molecule has 0 aliphatic heterocycles. The van der Waals surface area contributed by atoms with Crippen LogP contribution in [0.2, 0.25) is 0 Å². The second kappa shape index (κ2) is 4.92. The lowest BCUT2D eigenvalue weighted by atomic mass is 10.1. The van der Waals surface area contributed by atoms with Gasteiger partial charge in [-0.05, 0) is 18.2 Å². The third-order valence-electron chi connectivity index (χ3n) is 2.36. The first kappa shape index (κ1) is 11.5. The van der Waals surface area contributed by atoms with Crippen LogP contribution in [0.5, 0.6) is 5.75 Å². The number of thiocarbonyl (C=S) groups is 1. The van der Waals surface area contributed by atoms with Crippen LogP contribution in [0.1, 0.15) is 11.1 Å². The molecule has 0 aliphatic carbocycles. The average molecular weight is 248 g/mol. The molecule has 0 bridgehead atoms. The van der Waals surface area contributed by atoms with Gasteiger partial charge in [0.15, 0.2) is 0 Å². The summed E-state index contributed by atoms with van der Waals surface area (Å²) < 4.78 is 6.99. The van der Waals surface area contributed by atoms with Crippen molar-refractivity contribution < 1.29 is 4.74 Å². The lowest BCUT2D eigenvalue weighted by Gasteiger charge is -2.10. The maximum absolute atomic E-state index is 5.60. The highest BCUT2D eigenvalue weighted by Gasteiger charge is 2.07. The van der Waals surface area contributed by atoms with Gasteiger partial charge in [0.1, 0.15) is 23.4 Å². The summed E-state index contributed by atoms with van der Waals surface area (Å²) in [7, 11) is 1.63. The van der Waals surface area contributed by atoms with Crippen LogP contribution in [0.15, 0.2) is 30.9 Å². The Balaban J connectivity index is 2.35. The van der Waals surface area contributed by atoms with Crippen LogP contribution in [-0.2, 0) is 6.54 Å². The maximum Gasteiger partial charge on any atom is 0.137 e.